The number of carbonyl (C=O) groups excluding carboxylic acids is 1. The summed E-state index contributed by atoms with van der Waals surface area (Å²) < 4.78 is 4.00. The minimum atomic E-state index is -1.60. The number of hydrogen-bond acceptors (Lipinski definition) is 5. The highest BCUT2D eigenvalue weighted by atomic mass is 16.7. The molecule has 0 spiro atoms. The number of hydrogen-bond donors (Lipinski definition) is 3. The van der Waals surface area contributed by atoms with Crippen LogP contribution in [-0.4, -0.2) is 39.8 Å². The molecular weight excluding hydrogens is 128 g/mol. The van der Waals surface area contributed by atoms with E-state index >= 15 is 0 Å². The molecule has 0 aromatic carbocycles. The highest BCUT2D eigenvalue weighted by Crippen LogP contribution is 2.12. The van der Waals surface area contributed by atoms with Crippen molar-refractivity contribution in [2.24, 2.45) is 0 Å². The van der Waals surface area contributed by atoms with Gasteiger partial charge in [-0.05, 0) is 0 Å². The van der Waals surface area contributed by atoms with Crippen molar-refractivity contribution in [3.05, 3.63) is 0 Å². The number of aliphatic hydroxyl groups is 3. The molecule has 0 aliphatic carbocycles. The number of carbonyl (C=O) groups is 1. The van der Waals surface area contributed by atoms with Gasteiger partial charge in [0, 0.05) is 0 Å². The molecule has 3 N–H and O–H groups in total. The molecule has 1 heterocycles. The van der Waals surface area contributed by atoms with Crippen LogP contribution in [0.3, 0.4) is 0 Å². The van der Waals surface area contributed by atoms with Crippen molar-refractivity contribution >= 4 is 5.97 Å². The summed E-state index contributed by atoms with van der Waals surface area (Å²) in [6.45, 7) is 0. The topological polar surface area (TPSA) is 87.0 Å². The van der Waals surface area contributed by atoms with Gasteiger partial charge in [-0.25, -0.2) is 4.79 Å². The van der Waals surface area contributed by atoms with Gasteiger partial charge < -0.3 is 20.1 Å². The lowest BCUT2D eigenvalue weighted by Crippen LogP contribution is -2.30. The predicted molar refractivity (Wildman–Crippen MR) is 24.1 cm³/mol. The van der Waals surface area contributed by atoms with E-state index in [0.717, 1.165) is 0 Å². The van der Waals surface area contributed by atoms with Gasteiger partial charge in [0.05, 0.1) is 0 Å². The summed E-state index contributed by atoms with van der Waals surface area (Å²) in [6, 6.07) is 0. The Morgan fingerprint density at radius 1 is 1.33 bits per heavy atom. The summed E-state index contributed by atoms with van der Waals surface area (Å²) in [7, 11) is 0. The monoisotopic (exact) mass is 134 g/mol. The Balaban J connectivity index is 2.65. The molecule has 0 radical (unpaired) electrons. The SMILES string of the molecule is O=C1OC(O)C(O)C1O. The molecule has 1 saturated heterocycles. The van der Waals surface area contributed by atoms with Crippen molar-refractivity contribution in [3.8, 4) is 0 Å². The van der Waals surface area contributed by atoms with Gasteiger partial charge >= 0.3 is 5.97 Å². The first-order valence-corrected chi connectivity index (χ1v) is 2.37. The molecule has 5 nitrogen and oxygen atoms in total. The van der Waals surface area contributed by atoms with Crippen LogP contribution in [0.2, 0.25) is 0 Å². The third kappa shape index (κ3) is 0.893. The van der Waals surface area contributed by atoms with Crippen molar-refractivity contribution in [2.75, 3.05) is 0 Å². The van der Waals surface area contributed by atoms with E-state index in [2.05, 4.69) is 4.74 Å². The fourth-order valence-electron chi connectivity index (χ4n) is 0.554. The van der Waals surface area contributed by atoms with Gasteiger partial charge in [0.25, 0.3) is 0 Å². The van der Waals surface area contributed by atoms with Gasteiger partial charge in [0.1, 0.15) is 0 Å². The highest BCUT2D eigenvalue weighted by Gasteiger charge is 2.41. The number of aliphatic hydroxyl groups excluding tert-OH is 3. The number of cyclic esters (lactones) is 1. The second-order valence-corrected chi connectivity index (χ2v) is 1.76. The molecule has 0 amide bonds. The molecule has 0 saturated carbocycles. The Morgan fingerprint density at radius 2 is 1.89 bits per heavy atom. The molecule has 0 bridgehead atoms. The molecule has 3 unspecified atom stereocenters. The molecule has 5 heteroatoms. The minimum absolute atomic E-state index is 0.991. The largest absolute Gasteiger partial charge is 0.431 e. The van der Waals surface area contributed by atoms with Gasteiger partial charge in [-0.15, -0.1) is 0 Å². The maximum absolute atomic E-state index is 10.2. The van der Waals surface area contributed by atoms with Gasteiger partial charge in [-0.1, -0.05) is 0 Å². The van der Waals surface area contributed by atoms with E-state index in [1.807, 2.05) is 0 Å². The van der Waals surface area contributed by atoms with Crippen LogP contribution in [0.5, 0.6) is 0 Å². The molecule has 0 aromatic heterocycles. The summed E-state index contributed by atoms with van der Waals surface area (Å²) in [5.74, 6) is -0.991. The molecule has 1 rings (SSSR count). The lowest BCUT2D eigenvalue weighted by molar-refractivity contribution is -0.160. The molecule has 0 aromatic rings. The smallest absolute Gasteiger partial charge is 0.340 e. The minimum Gasteiger partial charge on any atom is -0.431 e. The Morgan fingerprint density at radius 3 is 2.00 bits per heavy atom. The van der Waals surface area contributed by atoms with Crippen LogP contribution in [0.15, 0.2) is 0 Å². The second-order valence-electron chi connectivity index (χ2n) is 1.76. The van der Waals surface area contributed by atoms with Gasteiger partial charge in [0.15, 0.2) is 12.2 Å². The number of ether oxygens (including phenoxy) is 1. The van der Waals surface area contributed by atoms with E-state index in [9.17, 15) is 4.79 Å². The quantitative estimate of drug-likeness (QED) is 0.321. The van der Waals surface area contributed by atoms with Crippen molar-refractivity contribution in [1.29, 1.82) is 0 Å². The third-order valence-electron chi connectivity index (χ3n) is 1.09. The zero-order valence-corrected chi connectivity index (χ0v) is 4.39. The molecule has 52 valence electrons. The van der Waals surface area contributed by atoms with Gasteiger partial charge in [0.2, 0.25) is 6.29 Å². The van der Waals surface area contributed by atoms with Crippen LogP contribution in [-0.2, 0) is 9.53 Å². The van der Waals surface area contributed by atoms with E-state index in [1.165, 1.54) is 0 Å². The van der Waals surface area contributed by atoms with E-state index < -0.39 is 24.5 Å². The van der Waals surface area contributed by atoms with Crippen LogP contribution < -0.4 is 0 Å². The molecule has 1 aliphatic heterocycles. The Bertz CT molecular complexity index is 133. The predicted octanol–water partition coefficient (Wildman–Crippen LogP) is -2.42. The maximum Gasteiger partial charge on any atom is 0.340 e. The first-order chi connectivity index (χ1) is 4.13. The first-order valence-electron chi connectivity index (χ1n) is 2.37. The molecule has 1 fully saturated rings. The number of rotatable bonds is 0. The van der Waals surface area contributed by atoms with Crippen LogP contribution >= 0.6 is 0 Å². The molecule has 3 atom stereocenters. The van der Waals surface area contributed by atoms with E-state index in [4.69, 9.17) is 15.3 Å². The lowest BCUT2D eigenvalue weighted by Gasteiger charge is -2.03. The average molecular weight is 134 g/mol. The van der Waals surface area contributed by atoms with Crippen LogP contribution in [0, 0.1) is 0 Å². The average Bonchev–Trinajstić information content (AvgIpc) is 1.98. The Hall–Kier alpha value is -0.650. The second kappa shape index (κ2) is 1.94. The van der Waals surface area contributed by atoms with Crippen molar-refractivity contribution in [3.63, 3.8) is 0 Å². The van der Waals surface area contributed by atoms with E-state index in [0.29, 0.717) is 0 Å². The molecule has 9 heavy (non-hydrogen) atoms. The lowest BCUT2D eigenvalue weighted by atomic mass is 10.2. The zero-order chi connectivity index (χ0) is 7.02. The van der Waals surface area contributed by atoms with Crippen LogP contribution in [0.1, 0.15) is 0 Å². The summed E-state index contributed by atoms with van der Waals surface area (Å²) >= 11 is 0. The van der Waals surface area contributed by atoms with Crippen molar-refractivity contribution in [1.82, 2.24) is 0 Å². The van der Waals surface area contributed by atoms with Gasteiger partial charge in [-0.3, -0.25) is 0 Å². The fraction of sp³-hybridized carbons (Fsp3) is 0.750. The van der Waals surface area contributed by atoms with Crippen molar-refractivity contribution in [2.45, 2.75) is 18.5 Å². The maximum atomic E-state index is 10.2. The van der Waals surface area contributed by atoms with Crippen LogP contribution in [0.4, 0.5) is 0 Å². The normalized spacial score (nSPS) is 43.0. The van der Waals surface area contributed by atoms with Crippen LogP contribution in [0.25, 0.3) is 0 Å². The fourth-order valence-corrected chi connectivity index (χ4v) is 0.554. The van der Waals surface area contributed by atoms with Crippen molar-refractivity contribution < 1.29 is 24.9 Å². The summed E-state index contributed by atoms with van der Waals surface area (Å²) in [6.07, 6.45) is -4.68. The molecular formula is C4H6O5. The highest BCUT2D eigenvalue weighted by molar-refractivity contribution is 5.77. The summed E-state index contributed by atoms with van der Waals surface area (Å²) in [5.41, 5.74) is 0. The third-order valence-corrected chi connectivity index (χ3v) is 1.09. The number of esters is 1. The molecule has 1 aliphatic rings. The summed E-state index contributed by atoms with van der Waals surface area (Å²) in [4.78, 5) is 10.2. The first kappa shape index (κ1) is 6.47. The van der Waals surface area contributed by atoms with E-state index in [1.54, 1.807) is 0 Å². The zero-order valence-electron chi connectivity index (χ0n) is 4.39. The standard InChI is InChI=1S/C4H6O5/c5-1-2(6)4(8)9-3(1)7/h1-3,5-7H. The van der Waals surface area contributed by atoms with E-state index in [-0.39, 0.29) is 0 Å². The Labute approximate surface area is 50.5 Å². The summed E-state index contributed by atoms with van der Waals surface area (Å²) in [5, 5.41) is 25.6. The van der Waals surface area contributed by atoms with Gasteiger partial charge in [-0.2, -0.15) is 0 Å². The Kier molecular flexibility index (Phi) is 1.40.